The van der Waals surface area contributed by atoms with Crippen molar-refractivity contribution in [3.8, 4) is 0 Å². The van der Waals surface area contributed by atoms with Crippen molar-refractivity contribution in [3.05, 3.63) is 107 Å². The van der Waals surface area contributed by atoms with Gasteiger partial charge in [0, 0.05) is 31.1 Å². The van der Waals surface area contributed by atoms with E-state index in [0.717, 1.165) is 17.7 Å². The number of nitrogens with one attached hydrogen (secondary N) is 1. The lowest BCUT2D eigenvalue weighted by Gasteiger charge is -2.37. The van der Waals surface area contributed by atoms with E-state index in [1.165, 1.54) is 36.4 Å². The average Bonchev–Trinajstić information content (AvgIpc) is 2.87. The maximum Gasteiger partial charge on any atom is 0.416 e. The molecule has 1 N–H and O–H groups in total. The fourth-order valence-corrected chi connectivity index (χ4v) is 4.39. The van der Waals surface area contributed by atoms with Crippen LogP contribution in [0.4, 0.5) is 17.6 Å². The lowest BCUT2D eigenvalue weighted by Crippen LogP contribution is -2.48. The quantitative estimate of drug-likeness (QED) is 0.493. The number of halogens is 4. The highest BCUT2D eigenvalue weighted by atomic mass is 19.4. The first-order valence-corrected chi connectivity index (χ1v) is 11.2. The van der Waals surface area contributed by atoms with Crippen molar-refractivity contribution in [3.63, 3.8) is 0 Å². The molecule has 0 aliphatic carbocycles. The van der Waals surface area contributed by atoms with Gasteiger partial charge in [0.25, 0.3) is 5.91 Å². The van der Waals surface area contributed by atoms with Crippen LogP contribution in [0.25, 0.3) is 0 Å². The van der Waals surface area contributed by atoms with Gasteiger partial charge < -0.3 is 10.2 Å². The maximum atomic E-state index is 13.3. The predicted octanol–water partition coefficient (Wildman–Crippen LogP) is 5.41. The van der Waals surface area contributed by atoms with E-state index in [1.54, 1.807) is 4.90 Å². The molecule has 0 radical (unpaired) electrons. The summed E-state index contributed by atoms with van der Waals surface area (Å²) in [5.74, 6) is -1.74. The van der Waals surface area contributed by atoms with E-state index >= 15 is 0 Å². The number of benzene rings is 3. The van der Waals surface area contributed by atoms with Gasteiger partial charge >= 0.3 is 6.18 Å². The highest BCUT2D eigenvalue weighted by Crippen LogP contribution is 2.32. The average molecular weight is 484 g/mol. The first-order valence-electron chi connectivity index (χ1n) is 11.2. The Morgan fingerprint density at radius 2 is 1.63 bits per heavy atom. The molecular weight excluding hydrogens is 460 g/mol. The van der Waals surface area contributed by atoms with Gasteiger partial charge in [-0.2, -0.15) is 13.2 Å². The SMILES string of the molecule is O=C(NCc1cccc(C(F)(F)F)c1)C1CC(c2ccccc2)CN(C(=O)c2ccc(F)cc2)C1. The highest BCUT2D eigenvalue weighted by molar-refractivity contribution is 5.94. The molecule has 4 nitrogen and oxygen atoms in total. The van der Waals surface area contributed by atoms with Gasteiger partial charge in [0.1, 0.15) is 5.82 Å². The molecule has 1 saturated heterocycles. The van der Waals surface area contributed by atoms with Crippen molar-refractivity contribution >= 4 is 11.8 Å². The number of carbonyl (C=O) groups is 2. The molecule has 2 atom stereocenters. The van der Waals surface area contributed by atoms with E-state index < -0.39 is 23.5 Å². The third-order valence-electron chi connectivity index (χ3n) is 6.19. The molecule has 2 unspecified atom stereocenters. The standard InChI is InChI=1S/C27H24F4N2O2/c28-24-11-9-20(10-12-24)26(35)33-16-21(19-6-2-1-3-7-19)14-22(17-33)25(34)32-15-18-5-4-8-23(13-18)27(29,30)31/h1-13,21-22H,14-17H2,(H,32,34). The molecule has 0 bridgehead atoms. The van der Waals surface area contributed by atoms with E-state index in [1.807, 2.05) is 30.3 Å². The Balaban J connectivity index is 1.50. The number of piperidine rings is 1. The summed E-state index contributed by atoms with van der Waals surface area (Å²) in [6.45, 7) is 0.507. The van der Waals surface area contributed by atoms with E-state index in [4.69, 9.17) is 0 Å². The summed E-state index contributed by atoms with van der Waals surface area (Å²) in [6.07, 6.45) is -3.97. The molecule has 0 spiro atoms. The van der Waals surface area contributed by atoms with E-state index in [2.05, 4.69) is 5.32 Å². The number of amides is 2. The van der Waals surface area contributed by atoms with Crippen LogP contribution in [0, 0.1) is 11.7 Å². The van der Waals surface area contributed by atoms with Gasteiger partial charge in [-0.05, 0) is 53.9 Å². The van der Waals surface area contributed by atoms with E-state index in [-0.39, 0.29) is 30.8 Å². The molecule has 3 aromatic rings. The van der Waals surface area contributed by atoms with Gasteiger partial charge in [-0.3, -0.25) is 9.59 Å². The molecule has 0 aromatic heterocycles. The van der Waals surface area contributed by atoms with Crippen molar-refractivity contribution < 1.29 is 27.2 Å². The summed E-state index contributed by atoms with van der Waals surface area (Å²) in [4.78, 5) is 27.8. The molecule has 2 amide bonds. The Hall–Kier alpha value is -3.68. The van der Waals surface area contributed by atoms with Crippen molar-refractivity contribution in [2.75, 3.05) is 13.1 Å². The number of hydrogen-bond donors (Lipinski definition) is 1. The summed E-state index contributed by atoms with van der Waals surface area (Å²) in [5, 5.41) is 2.73. The molecule has 35 heavy (non-hydrogen) atoms. The second-order valence-corrected chi connectivity index (χ2v) is 8.67. The Bertz CT molecular complexity index is 1180. The fraction of sp³-hybridized carbons (Fsp3) is 0.259. The molecule has 0 saturated carbocycles. The smallest absolute Gasteiger partial charge is 0.352 e. The van der Waals surface area contributed by atoms with E-state index in [9.17, 15) is 27.2 Å². The van der Waals surface area contributed by atoms with Crippen molar-refractivity contribution in [1.82, 2.24) is 10.2 Å². The molecule has 182 valence electrons. The summed E-state index contributed by atoms with van der Waals surface area (Å²) in [7, 11) is 0. The minimum absolute atomic E-state index is 0.0544. The lowest BCUT2D eigenvalue weighted by molar-refractivity contribution is -0.137. The number of alkyl halides is 3. The number of nitrogens with zero attached hydrogens (tertiary/aromatic N) is 1. The van der Waals surface area contributed by atoms with Crippen molar-refractivity contribution in [2.24, 2.45) is 5.92 Å². The van der Waals surface area contributed by atoms with Crippen LogP contribution in [0.5, 0.6) is 0 Å². The lowest BCUT2D eigenvalue weighted by atomic mass is 9.83. The zero-order chi connectivity index (χ0) is 25.0. The van der Waals surface area contributed by atoms with Crippen molar-refractivity contribution in [2.45, 2.75) is 25.1 Å². The highest BCUT2D eigenvalue weighted by Gasteiger charge is 2.35. The third-order valence-corrected chi connectivity index (χ3v) is 6.19. The summed E-state index contributed by atoms with van der Waals surface area (Å²) in [6, 6.07) is 19.6. The van der Waals surface area contributed by atoms with Gasteiger partial charge in [-0.15, -0.1) is 0 Å². The number of hydrogen-bond acceptors (Lipinski definition) is 2. The van der Waals surface area contributed by atoms with Crippen LogP contribution in [-0.4, -0.2) is 29.8 Å². The Morgan fingerprint density at radius 3 is 2.31 bits per heavy atom. The number of carbonyl (C=O) groups excluding carboxylic acids is 2. The van der Waals surface area contributed by atoms with Gasteiger partial charge in [-0.25, -0.2) is 4.39 Å². The molecule has 1 aliphatic rings. The van der Waals surface area contributed by atoms with Crippen LogP contribution < -0.4 is 5.32 Å². The predicted molar refractivity (Wildman–Crippen MR) is 123 cm³/mol. The zero-order valence-corrected chi connectivity index (χ0v) is 18.8. The van der Waals surface area contributed by atoms with Gasteiger partial charge in [0.15, 0.2) is 0 Å². The molecule has 8 heteroatoms. The fourth-order valence-electron chi connectivity index (χ4n) is 4.39. The van der Waals surface area contributed by atoms with Gasteiger partial charge in [-0.1, -0.05) is 42.5 Å². The molecule has 3 aromatic carbocycles. The molecule has 1 fully saturated rings. The summed E-state index contributed by atoms with van der Waals surface area (Å²) < 4.78 is 52.3. The summed E-state index contributed by atoms with van der Waals surface area (Å²) in [5.41, 5.74) is 0.869. The summed E-state index contributed by atoms with van der Waals surface area (Å²) >= 11 is 0. The van der Waals surface area contributed by atoms with Gasteiger partial charge in [0.05, 0.1) is 11.5 Å². The Morgan fingerprint density at radius 1 is 0.914 bits per heavy atom. The first-order chi connectivity index (χ1) is 16.7. The molecular formula is C27H24F4N2O2. The minimum Gasteiger partial charge on any atom is -0.352 e. The largest absolute Gasteiger partial charge is 0.416 e. The number of likely N-dealkylation sites (tertiary alicyclic amines) is 1. The van der Waals surface area contributed by atoms with Crippen LogP contribution in [0.1, 0.15) is 39.4 Å². The van der Waals surface area contributed by atoms with Crippen LogP contribution in [0.2, 0.25) is 0 Å². The first kappa shape index (κ1) is 24.4. The van der Waals surface area contributed by atoms with Crippen LogP contribution in [-0.2, 0) is 17.5 Å². The second-order valence-electron chi connectivity index (χ2n) is 8.67. The molecule has 1 heterocycles. The second kappa shape index (κ2) is 10.3. The van der Waals surface area contributed by atoms with E-state index in [0.29, 0.717) is 24.1 Å². The number of rotatable bonds is 5. The topological polar surface area (TPSA) is 49.4 Å². The van der Waals surface area contributed by atoms with Crippen molar-refractivity contribution in [1.29, 1.82) is 0 Å². The Labute approximate surface area is 200 Å². The monoisotopic (exact) mass is 484 g/mol. The van der Waals surface area contributed by atoms with Crippen LogP contribution in [0.15, 0.2) is 78.9 Å². The molecule has 1 aliphatic heterocycles. The Kier molecular flexibility index (Phi) is 7.19. The zero-order valence-electron chi connectivity index (χ0n) is 18.8. The van der Waals surface area contributed by atoms with Crippen LogP contribution in [0.3, 0.4) is 0 Å². The minimum atomic E-state index is -4.46. The normalized spacial score (nSPS) is 18.2. The maximum absolute atomic E-state index is 13.3. The third kappa shape index (κ3) is 6.07. The molecule has 4 rings (SSSR count). The van der Waals surface area contributed by atoms with Crippen LogP contribution >= 0.6 is 0 Å². The van der Waals surface area contributed by atoms with Gasteiger partial charge in [0.2, 0.25) is 5.91 Å².